The van der Waals surface area contributed by atoms with Crippen molar-refractivity contribution in [1.82, 2.24) is 0 Å². The van der Waals surface area contributed by atoms with E-state index in [1.165, 1.54) is 89.9 Å². The lowest BCUT2D eigenvalue weighted by Gasteiger charge is -2.12. The van der Waals surface area contributed by atoms with E-state index in [2.05, 4.69) is 20.4 Å². The van der Waals surface area contributed by atoms with Crippen LogP contribution in [0.4, 0.5) is 0 Å². The average molecular weight is 469 g/mol. The number of hydrogen-bond acceptors (Lipinski definition) is 2. The number of allylic oxidation sites excluding steroid dienone is 1. The zero-order valence-corrected chi connectivity index (χ0v) is 22.1. The summed E-state index contributed by atoms with van der Waals surface area (Å²) >= 11 is 0. The van der Waals surface area contributed by atoms with E-state index in [0.29, 0.717) is 6.42 Å². The lowest BCUT2D eigenvalue weighted by molar-refractivity contribution is -0.142. The standard InChI is InChI=1S/C18H34O2.C11H22O2/c1-3-5-7-9-10-12-14-16-17(18(19)20)15-13-11-8-6-4-2;1-2-3-4-5-6-7-8-9-10-11(12)13/h3,17H,1,4-16H2,2H3,(H,19,20);2-10H2,1H3,(H,12,13). The first-order valence-electron chi connectivity index (χ1n) is 14.0. The van der Waals surface area contributed by atoms with Crippen LogP contribution in [0.25, 0.3) is 0 Å². The van der Waals surface area contributed by atoms with Gasteiger partial charge in [0.25, 0.3) is 0 Å². The Morgan fingerprint density at radius 3 is 1.42 bits per heavy atom. The van der Waals surface area contributed by atoms with Gasteiger partial charge in [-0.25, -0.2) is 0 Å². The fraction of sp³-hybridized carbons (Fsp3) is 0.862. The highest BCUT2D eigenvalue weighted by Gasteiger charge is 2.16. The Morgan fingerprint density at radius 1 is 0.636 bits per heavy atom. The fourth-order valence-electron chi connectivity index (χ4n) is 4.01. The van der Waals surface area contributed by atoms with Gasteiger partial charge in [0.15, 0.2) is 0 Å². The molecule has 0 aromatic heterocycles. The van der Waals surface area contributed by atoms with Gasteiger partial charge in [-0.3, -0.25) is 9.59 Å². The van der Waals surface area contributed by atoms with Crippen molar-refractivity contribution in [3.05, 3.63) is 12.7 Å². The Labute approximate surface area is 205 Å². The van der Waals surface area contributed by atoms with Gasteiger partial charge in [-0.1, -0.05) is 123 Å². The molecule has 0 aromatic carbocycles. The molecule has 33 heavy (non-hydrogen) atoms. The molecule has 0 radical (unpaired) electrons. The van der Waals surface area contributed by atoms with Gasteiger partial charge in [-0.15, -0.1) is 6.58 Å². The summed E-state index contributed by atoms with van der Waals surface area (Å²) in [6.45, 7) is 8.14. The van der Waals surface area contributed by atoms with Crippen molar-refractivity contribution < 1.29 is 19.8 Å². The van der Waals surface area contributed by atoms with Gasteiger partial charge in [0.2, 0.25) is 0 Å². The van der Waals surface area contributed by atoms with E-state index in [4.69, 9.17) is 5.11 Å². The van der Waals surface area contributed by atoms with Crippen LogP contribution in [0.1, 0.15) is 155 Å². The molecule has 0 spiro atoms. The van der Waals surface area contributed by atoms with Gasteiger partial charge >= 0.3 is 11.9 Å². The van der Waals surface area contributed by atoms with E-state index in [1.54, 1.807) is 0 Å². The zero-order valence-electron chi connectivity index (χ0n) is 22.1. The molecular formula is C29H56O4. The third-order valence-corrected chi connectivity index (χ3v) is 6.21. The van der Waals surface area contributed by atoms with E-state index in [9.17, 15) is 14.7 Å². The van der Waals surface area contributed by atoms with Crippen LogP contribution < -0.4 is 0 Å². The molecule has 0 rings (SSSR count). The topological polar surface area (TPSA) is 74.6 Å². The second-order valence-corrected chi connectivity index (χ2v) is 9.49. The minimum atomic E-state index is -0.661. The summed E-state index contributed by atoms with van der Waals surface area (Å²) in [7, 11) is 0. The number of carbonyl (C=O) groups is 2. The molecular weight excluding hydrogens is 412 g/mol. The van der Waals surface area contributed by atoms with Crippen LogP contribution in [0.3, 0.4) is 0 Å². The van der Waals surface area contributed by atoms with Gasteiger partial charge in [0.05, 0.1) is 5.92 Å². The number of aliphatic carboxylic acids is 2. The maximum Gasteiger partial charge on any atom is 0.306 e. The molecule has 0 saturated carbocycles. The van der Waals surface area contributed by atoms with Crippen molar-refractivity contribution in [3.63, 3.8) is 0 Å². The Bertz CT molecular complexity index is 433. The molecule has 0 aromatic rings. The lowest BCUT2D eigenvalue weighted by Crippen LogP contribution is -2.13. The van der Waals surface area contributed by atoms with E-state index in [1.807, 2.05) is 6.08 Å². The van der Waals surface area contributed by atoms with Crippen LogP contribution in [-0.4, -0.2) is 22.2 Å². The normalized spacial score (nSPS) is 11.5. The molecule has 0 aliphatic carbocycles. The molecule has 0 aliphatic rings. The van der Waals surface area contributed by atoms with Crippen LogP contribution in [0.15, 0.2) is 12.7 Å². The Kier molecular flexibility index (Phi) is 29.5. The Hall–Kier alpha value is -1.32. The van der Waals surface area contributed by atoms with Crippen LogP contribution in [0, 0.1) is 5.92 Å². The Balaban J connectivity index is 0. The summed E-state index contributed by atoms with van der Waals surface area (Å²) < 4.78 is 0. The zero-order chi connectivity index (χ0) is 25.0. The monoisotopic (exact) mass is 468 g/mol. The number of hydrogen-bond donors (Lipinski definition) is 2. The minimum absolute atomic E-state index is 0.107. The van der Waals surface area contributed by atoms with Gasteiger partial charge in [-0.2, -0.15) is 0 Å². The summed E-state index contributed by atoms with van der Waals surface area (Å²) in [4.78, 5) is 21.4. The molecule has 1 unspecified atom stereocenters. The molecule has 0 fully saturated rings. The van der Waals surface area contributed by atoms with Crippen LogP contribution in [0.2, 0.25) is 0 Å². The fourth-order valence-corrected chi connectivity index (χ4v) is 4.01. The highest BCUT2D eigenvalue weighted by Crippen LogP contribution is 2.19. The van der Waals surface area contributed by atoms with Crippen LogP contribution >= 0.6 is 0 Å². The number of rotatable bonds is 24. The molecule has 0 amide bonds. The first-order chi connectivity index (χ1) is 16.0. The summed E-state index contributed by atoms with van der Waals surface area (Å²) in [5, 5.41) is 17.6. The van der Waals surface area contributed by atoms with Crippen molar-refractivity contribution in [3.8, 4) is 0 Å². The van der Waals surface area contributed by atoms with E-state index < -0.39 is 11.9 Å². The first-order valence-corrected chi connectivity index (χ1v) is 14.0. The van der Waals surface area contributed by atoms with Gasteiger partial charge in [0, 0.05) is 6.42 Å². The number of carboxylic acid groups (broad SMARTS) is 2. The lowest BCUT2D eigenvalue weighted by atomic mass is 9.94. The Morgan fingerprint density at radius 2 is 1.03 bits per heavy atom. The summed E-state index contributed by atoms with van der Waals surface area (Å²) in [5.74, 6) is -1.36. The van der Waals surface area contributed by atoms with Crippen molar-refractivity contribution in [2.75, 3.05) is 0 Å². The molecule has 0 heterocycles. The van der Waals surface area contributed by atoms with Crippen molar-refractivity contribution in [1.29, 1.82) is 0 Å². The van der Waals surface area contributed by atoms with E-state index in [0.717, 1.165) is 44.9 Å². The highest BCUT2D eigenvalue weighted by molar-refractivity contribution is 5.69. The second kappa shape index (κ2) is 28.7. The number of unbranched alkanes of at least 4 members (excludes halogenated alkanes) is 16. The molecule has 4 heteroatoms. The van der Waals surface area contributed by atoms with Crippen molar-refractivity contribution >= 4 is 11.9 Å². The molecule has 2 N–H and O–H groups in total. The van der Waals surface area contributed by atoms with Crippen molar-refractivity contribution in [2.24, 2.45) is 5.92 Å². The predicted octanol–water partition coefficient (Wildman–Crippen LogP) is 9.57. The van der Waals surface area contributed by atoms with Gasteiger partial charge in [0.1, 0.15) is 0 Å². The van der Waals surface area contributed by atoms with Gasteiger partial charge in [-0.05, 0) is 32.1 Å². The molecule has 1 atom stereocenters. The maximum atomic E-state index is 11.2. The predicted molar refractivity (Wildman–Crippen MR) is 142 cm³/mol. The second-order valence-electron chi connectivity index (χ2n) is 9.49. The minimum Gasteiger partial charge on any atom is -0.481 e. The smallest absolute Gasteiger partial charge is 0.306 e. The largest absolute Gasteiger partial charge is 0.481 e. The highest BCUT2D eigenvalue weighted by atomic mass is 16.4. The molecule has 0 saturated heterocycles. The quantitative estimate of drug-likeness (QED) is 0.109. The van der Waals surface area contributed by atoms with E-state index >= 15 is 0 Å². The van der Waals surface area contributed by atoms with Crippen LogP contribution in [-0.2, 0) is 9.59 Å². The van der Waals surface area contributed by atoms with E-state index in [-0.39, 0.29) is 5.92 Å². The average Bonchev–Trinajstić information content (AvgIpc) is 2.78. The molecule has 0 aliphatic heterocycles. The number of carboxylic acids is 2. The third-order valence-electron chi connectivity index (χ3n) is 6.21. The van der Waals surface area contributed by atoms with Crippen LogP contribution in [0.5, 0.6) is 0 Å². The summed E-state index contributed by atoms with van der Waals surface area (Å²) in [6.07, 6.45) is 26.9. The SMILES string of the molecule is C=CCCCCCCCC(CCCCCCC)C(=O)O.CCCCCCCCCCC(=O)O. The van der Waals surface area contributed by atoms with Gasteiger partial charge < -0.3 is 10.2 Å². The molecule has 4 nitrogen and oxygen atoms in total. The summed E-state index contributed by atoms with van der Waals surface area (Å²) in [6, 6.07) is 0. The summed E-state index contributed by atoms with van der Waals surface area (Å²) in [5.41, 5.74) is 0. The molecule has 0 bridgehead atoms. The third kappa shape index (κ3) is 30.7. The first kappa shape index (κ1) is 33.9. The maximum absolute atomic E-state index is 11.2. The molecule has 196 valence electrons. The van der Waals surface area contributed by atoms with Crippen molar-refractivity contribution in [2.45, 2.75) is 155 Å².